The molecule has 48 heavy (non-hydrogen) atoms. The summed E-state index contributed by atoms with van der Waals surface area (Å²) in [5.74, 6) is 1.86. The lowest BCUT2D eigenvalue weighted by atomic mass is 9.67. The van der Waals surface area contributed by atoms with Gasteiger partial charge in [-0.05, 0) is 115 Å². The number of benzene rings is 6. The minimum Gasteiger partial charge on any atom is -0.0830 e. The Morgan fingerprint density at radius 1 is 0.521 bits per heavy atom. The van der Waals surface area contributed by atoms with Crippen LogP contribution in [0.15, 0.2) is 157 Å². The molecule has 0 spiro atoms. The van der Waals surface area contributed by atoms with Gasteiger partial charge >= 0.3 is 0 Å². The first-order valence-electron chi connectivity index (χ1n) is 17.7. The Kier molecular flexibility index (Phi) is 6.34. The zero-order chi connectivity index (χ0) is 31.8. The van der Waals surface area contributed by atoms with Gasteiger partial charge in [0.2, 0.25) is 0 Å². The fourth-order valence-electron chi connectivity index (χ4n) is 9.54. The Labute approximate surface area is 284 Å². The molecular weight excluding hydrogens is 577 g/mol. The third kappa shape index (κ3) is 4.29. The fourth-order valence-corrected chi connectivity index (χ4v) is 9.54. The Morgan fingerprint density at radius 2 is 1.17 bits per heavy atom. The molecule has 4 unspecified atom stereocenters. The van der Waals surface area contributed by atoms with Crippen molar-refractivity contribution in [1.29, 1.82) is 0 Å². The van der Waals surface area contributed by atoms with E-state index in [1.165, 1.54) is 73.2 Å². The van der Waals surface area contributed by atoms with Crippen molar-refractivity contribution in [2.24, 2.45) is 0 Å². The molecule has 0 aromatic heterocycles. The molecule has 4 aliphatic rings. The second-order valence-corrected chi connectivity index (χ2v) is 14.4. The van der Waals surface area contributed by atoms with Crippen molar-refractivity contribution < 1.29 is 0 Å². The number of hydrogen-bond donors (Lipinski definition) is 0. The molecule has 2 bridgehead atoms. The van der Waals surface area contributed by atoms with E-state index in [9.17, 15) is 0 Å². The van der Waals surface area contributed by atoms with E-state index in [0.717, 1.165) is 12.8 Å². The minimum absolute atomic E-state index is 0.363. The predicted octanol–water partition coefficient (Wildman–Crippen LogP) is 12.5. The van der Waals surface area contributed by atoms with Crippen molar-refractivity contribution in [1.82, 2.24) is 0 Å². The van der Waals surface area contributed by atoms with E-state index in [1.54, 1.807) is 16.7 Å². The third-order valence-corrected chi connectivity index (χ3v) is 12.0. The zero-order valence-corrected chi connectivity index (χ0v) is 27.4. The molecule has 0 radical (unpaired) electrons. The molecule has 0 N–H and O–H groups in total. The van der Waals surface area contributed by atoms with Crippen LogP contribution in [0.1, 0.15) is 82.4 Å². The molecule has 0 saturated heterocycles. The highest BCUT2D eigenvalue weighted by Crippen LogP contribution is 2.57. The normalized spacial score (nSPS) is 21.2. The minimum atomic E-state index is 0.363. The quantitative estimate of drug-likeness (QED) is 0.185. The molecule has 4 aliphatic carbocycles. The molecule has 0 heterocycles. The Morgan fingerprint density at radius 3 is 2.00 bits per heavy atom. The summed E-state index contributed by atoms with van der Waals surface area (Å²) >= 11 is 0. The highest BCUT2D eigenvalue weighted by atomic mass is 14.4. The van der Waals surface area contributed by atoms with E-state index in [0.29, 0.717) is 23.7 Å². The summed E-state index contributed by atoms with van der Waals surface area (Å²) in [6, 6.07) is 52.9. The van der Waals surface area contributed by atoms with E-state index in [4.69, 9.17) is 0 Å². The van der Waals surface area contributed by atoms with Gasteiger partial charge in [0.05, 0.1) is 0 Å². The summed E-state index contributed by atoms with van der Waals surface area (Å²) in [5.41, 5.74) is 21.5. The van der Waals surface area contributed by atoms with Gasteiger partial charge in [-0.2, -0.15) is 0 Å². The number of hydrogen-bond acceptors (Lipinski definition) is 0. The van der Waals surface area contributed by atoms with Crippen LogP contribution in [0.2, 0.25) is 0 Å². The van der Waals surface area contributed by atoms with E-state index in [-0.39, 0.29) is 0 Å². The van der Waals surface area contributed by atoms with Crippen molar-refractivity contribution >= 4 is 5.57 Å². The summed E-state index contributed by atoms with van der Waals surface area (Å²) < 4.78 is 0. The highest BCUT2D eigenvalue weighted by molar-refractivity contribution is 5.85. The second kappa shape index (κ2) is 10.9. The van der Waals surface area contributed by atoms with Crippen LogP contribution < -0.4 is 0 Å². The van der Waals surface area contributed by atoms with Gasteiger partial charge in [-0.1, -0.05) is 158 Å². The van der Waals surface area contributed by atoms with Crippen LogP contribution in [-0.4, -0.2) is 0 Å². The van der Waals surface area contributed by atoms with Gasteiger partial charge in [0.15, 0.2) is 0 Å². The molecule has 0 aliphatic heterocycles. The molecule has 0 fully saturated rings. The van der Waals surface area contributed by atoms with Crippen LogP contribution in [0, 0.1) is 0 Å². The molecule has 0 saturated carbocycles. The molecular formula is C48H38. The summed E-state index contributed by atoms with van der Waals surface area (Å²) in [4.78, 5) is 0. The van der Waals surface area contributed by atoms with Gasteiger partial charge in [-0.3, -0.25) is 0 Å². The van der Waals surface area contributed by atoms with Crippen molar-refractivity contribution in [2.45, 2.75) is 49.9 Å². The van der Waals surface area contributed by atoms with Crippen molar-refractivity contribution in [3.05, 3.63) is 196 Å². The first kappa shape index (κ1) is 27.9. The summed E-state index contributed by atoms with van der Waals surface area (Å²) in [5, 5.41) is 0. The first-order chi connectivity index (χ1) is 23.7. The maximum absolute atomic E-state index is 2.56. The van der Waals surface area contributed by atoms with Gasteiger partial charge in [-0.15, -0.1) is 0 Å². The molecule has 0 nitrogen and oxygen atoms in total. The molecule has 4 atom stereocenters. The Hall–Kier alpha value is -5.20. The lowest BCUT2D eigenvalue weighted by molar-refractivity contribution is 0.523. The summed E-state index contributed by atoms with van der Waals surface area (Å²) in [7, 11) is 0. The lowest BCUT2D eigenvalue weighted by Crippen LogP contribution is -2.20. The average Bonchev–Trinajstić information content (AvgIpc) is 3.40. The molecule has 230 valence electrons. The first-order valence-corrected chi connectivity index (χ1v) is 17.7. The third-order valence-electron chi connectivity index (χ3n) is 12.0. The smallest absolute Gasteiger partial charge is 0.0142 e. The Balaban J connectivity index is 1.02. The zero-order valence-electron chi connectivity index (χ0n) is 27.4. The SMILES string of the molecule is CC1c2ccccc2C2=C3CC1c1ccc(-c4ccc5c(c4)-c4ccccc4C5Cc4ccc(-c5ccccc5)cc4)cc1C3CC=C2. The molecule has 6 aromatic rings. The van der Waals surface area contributed by atoms with Crippen LogP contribution in [0.3, 0.4) is 0 Å². The molecule has 10 rings (SSSR count). The number of fused-ring (bicyclic) bond motifs is 9. The van der Waals surface area contributed by atoms with Crippen molar-refractivity contribution in [3.63, 3.8) is 0 Å². The van der Waals surface area contributed by atoms with Gasteiger partial charge in [0.25, 0.3) is 0 Å². The molecule has 6 aromatic carbocycles. The van der Waals surface area contributed by atoms with Gasteiger partial charge in [-0.25, -0.2) is 0 Å². The monoisotopic (exact) mass is 614 g/mol. The highest BCUT2D eigenvalue weighted by Gasteiger charge is 2.39. The average molecular weight is 615 g/mol. The predicted molar refractivity (Wildman–Crippen MR) is 200 cm³/mol. The van der Waals surface area contributed by atoms with E-state index in [1.807, 2.05) is 0 Å². The van der Waals surface area contributed by atoms with Gasteiger partial charge in [0, 0.05) is 11.8 Å². The van der Waals surface area contributed by atoms with Crippen LogP contribution in [0.25, 0.3) is 39.0 Å². The maximum atomic E-state index is 2.56. The van der Waals surface area contributed by atoms with E-state index < -0.39 is 0 Å². The number of rotatable bonds is 4. The van der Waals surface area contributed by atoms with Crippen LogP contribution in [0.4, 0.5) is 0 Å². The largest absolute Gasteiger partial charge is 0.0830 e. The van der Waals surface area contributed by atoms with Crippen LogP contribution >= 0.6 is 0 Å². The van der Waals surface area contributed by atoms with E-state index in [2.05, 4.69) is 159 Å². The fraction of sp³-hybridized carbons (Fsp3) is 0.167. The summed E-state index contributed by atoms with van der Waals surface area (Å²) in [6.07, 6.45) is 8.13. The van der Waals surface area contributed by atoms with Crippen molar-refractivity contribution in [2.75, 3.05) is 0 Å². The summed E-state index contributed by atoms with van der Waals surface area (Å²) in [6.45, 7) is 2.45. The second-order valence-electron chi connectivity index (χ2n) is 14.4. The van der Waals surface area contributed by atoms with Gasteiger partial charge < -0.3 is 0 Å². The topological polar surface area (TPSA) is 0 Å². The van der Waals surface area contributed by atoms with Crippen molar-refractivity contribution in [3.8, 4) is 33.4 Å². The van der Waals surface area contributed by atoms with Crippen LogP contribution in [-0.2, 0) is 6.42 Å². The number of allylic oxidation sites excluding steroid dienone is 4. The molecule has 0 amide bonds. The standard InChI is InChI=1S/C48H38/c1-30-36-12-5-6-13-37(36)40-16-9-17-41-47-28-34(22-24-42(47)44(30)29-48(40)41)35-23-25-43-45(38-14-7-8-15-39(38)46(43)27-35)26-31-18-20-33(21-19-31)32-10-3-2-4-11-32/h2-16,18-25,27-28,30,41,44-45H,17,26,29H2,1H3. The lowest BCUT2D eigenvalue weighted by Gasteiger charge is -2.37. The maximum Gasteiger partial charge on any atom is 0.0142 e. The molecule has 0 heteroatoms. The van der Waals surface area contributed by atoms with E-state index >= 15 is 0 Å². The van der Waals surface area contributed by atoms with Crippen LogP contribution in [0.5, 0.6) is 0 Å². The Bertz CT molecular complexity index is 2280. The van der Waals surface area contributed by atoms with Gasteiger partial charge in [0.1, 0.15) is 0 Å².